The zero-order chi connectivity index (χ0) is 18.4. The van der Waals surface area contributed by atoms with Crippen molar-refractivity contribution in [1.82, 2.24) is 0 Å². The van der Waals surface area contributed by atoms with Crippen LogP contribution in [0.15, 0.2) is 70.9 Å². The molecule has 1 aliphatic heterocycles. The number of hydrogen-bond acceptors (Lipinski definition) is 0. The van der Waals surface area contributed by atoms with Crippen molar-refractivity contribution in [3.8, 4) is 0 Å². The summed E-state index contributed by atoms with van der Waals surface area (Å²) in [7, 11) is 0. The van der Waals surface area contributed by atoms with Crippen LogP contribution >= 0.6 is 0 Å². The van der Waals surface area contributed by atoms with Gasteiger partial charge in [-0.05, 0) is 0 Å². The number of hydrogen-bond donors (Lipinski definition) is 0. The summed E-state index contributed by atoms with van der Waals surface area (Å²) in [6.45, 7) is 8.59. The van der Waals surface area contributed by atoms with Crippen molar-refractivity contribution in [2.45, 2.75) is 79.7 Å². The molecule has 0 radical (unpaired) electrons. The van der Waals surface area contributed by atoms with Crippen LogP contribution in [0.5, 0.6) is 0 Å². The van der Waals surface area contributed by atoms with E-state index in [2.05, 4.69) is 37.5 Å². The van der Waals surface area contributed by atoms with Crippen LogP contribution in [0.25, 0.3) is 0 Å². The summed E-state index contributed by atoms with van der Waals surface area (Å²) in [5.74, 6) is 0. The Labute approximate surface area is 170 Å². The van der Waals surface area contributed by atoms with E-state index >= 15 is 0 Å². The average Bonchev–Trinajstić information content (AvgIpc) is 3.21. The predicted octanol–water partition coefficient (Wildman–Crippen LogP) is 8.34. The molecular formula is C26H34Zr. The SMILES string of the molecule is C=C[CH2][Zr]1([CH2]C=C)[CH]2C(=CC3=C2CCCC3)CCC2=CC3=C(CCCC3)[CH]21. The number of rotatable bonds is 4. The topological polar surface area (TPSA) is 0 Å². The molecule has 0 N–H and O–H groups in total. The Kier molecular flexibility index (Phi) is 4.96. The molecular weight excluding hydrogens is 404 g/mol. The van der Waals surface area contributed by atoms with E-state index in [1.165, 1.54) is 72.5 Å². The van der Waals surface area contributed by atoms with Gasteiger partial charge < -0.3 is 0 Å². The third-order valence-electron chi connectivity index (χ3n) is 8.17. The minimum atomic E-state index is -2.70. The molecule has 4 aliphatic carbocycles. The second-order valence-electron chi connectivity index (χ2n) is 9.54. The molecule has 5 rings (SSSR count). The fourth-order valence-corrected chi connectivity index (χ4v) is 23.3. The summed E-state index contributed by atoms with van der Waals surface area (Å²) in [6, 6.07) is 0. The van der Waals surface area contributed by atoms with E-state index in [0.717, 1.165) is 7.25 Å². The Morgan fingerprint density at radius 2 is 1.15 bits per heavy atom. The van der Waals surface area contributed by atoms with Crippen molar-refractivity contribution in [2.24, 2.45) is 0 Å². The molecule has 27 heavy (non-hydrogen) atoms. The van der Waals surface area contributed by atoms with Gasteiger partial charge in [0.15, 0.2) is 0 Å². The van der Waals surface area contributed by atoms with Gasteiger partial charge in [0.05, 0.1) is 0 Å². The van der Waals surface area contributed by atoms with E-state index in [0.29, 0.717) is 0 Å². The third kappa shape index (κ3) is 2.79. The standard InChI is InChI=1S/C20H24.2C3H5.Zr/c1-2-6-18-12-15(11-17(18)5-1)9-10-16-13-19-7-3-4-8-20(19)14-16;2*1-3-2;/h11-14H,1-10H2;2*3H,1-2H2;. The fraction of sp³-hybridized carbons (Fsp3) is 0.538. The normalized spacial score (nSPS) is 31.3. The van der Waals surface area contributed by atoms with Gasteiger partial charge in [0.1, 0.15) is 0 Å². The molecule has 0 nitrogen and oxygen atoms in total. The van der Waals surface area contributed by atoms with Crippen molar-refractivity contribution < 1.29 is 20.3 Å². The van der Waals surface area contributed by atoms with Gasteiger partial charge in [0, 0.05) is 0 Å². The molecule has 1 saturated heterocycles. The van der Waals surface area contributed by atoms with Gasteiger partial charge in [0.2, 0.25) is 0 Å². The molecule has 0 saturated carbocycles. The first kappa shape index (κ1) is 18.4. The molecule has 1 heteroatoms. The minimum absolute atomic E-state index is 0.857. The maximum absolute atomic E-state index is 4.30. The molecule has 5 aliphatic rings. The zero-order valence-electron chi connectivity index (χ0n) is 16.9. The molecule has 0 spiro atoms. The monoisotopic (exact) mass is 436 g/mol. The van der Waals surface area contributed by atoms with Gasteiger partial charge in [-0.3, -0.25) is 0 Å². The molecule has 2 unspecified atom stereocenters. The van der Waals surface area contributed by atoms with Gasteiger partial charge in [-0.2, -0.15) is 0 Å². The predicted molar refractivity (Wildman–Crippen MR) is 114 cm³/mol. The average molecular weight is 438 g/mol. The first-order valence-corrected chi connectivity index (χ1v) is 17.7. The Hall–Kier alpha value is -0.677. The number of fused-ring (bicyclic) bond motifs is 4. The molecule has 0 bridgehead atoms. The van der Waals surface area contributed by atoms with Gasteiger partial charge in [-0.15, -0.1) is 0 Å². The molecule has 1 fully saturated rings. The molecule has 0 aromatic rings. The Morgan fingerprint density at radius 1 is 0.704 bits per heavy atom. The quantitative estimate of drug-likeness (QED) is 0.388. The molecule has 0 amide bonds. The van der Waals surface area contributed by atoms with Crippen LogP contribution in [0, 0.1) is 0 Å². The molecule has 0 aromatic carbocycles. The van der Waals surface area contributed by atoms with Crippen LogP contribution in [0.4, 0.5) is 0 Å². The second kappa shape index (κ2) is 7.29. The third-order valence-corrected chi connectivity index (χ3v) is 22.5. The summed E-state index contributed by atoms with van der Waals surface area (Å²) in [6.07, 6.45) is 23.8. The van der Waals surface area contributed by atoms with E-state index in [9.17, 15) is 0 Å². The summed E-state index contributed by atoms with van der Waals surface area (Å²) < 4.78 is 4.38. The Balaban J connectivity index is 1.69. The van der Waals surface area contributed by atoms with Crippen molar-refractivity contribution >= 4 is 0 Å². The van der Waals surface area contributed by atoms with Crippen molar-refractivity contribution in [3.63, 3.8) is 0 Å². The van der Waals surface area contributed by atoms with Gasteiger partial charge in [-0.25, -0.2) is 0 Å². The summed E-state index contributed by atoms with van der Waals surface area (Å²) in [5.41, 5.74) is 11.0. The van der Waals surface area contributed by atoms with Crippen LogP contribution in [0.2, 0.25) is 15.5 Å². The Morgan fingerprint density at radius 3 is 1.59 bits per heavy atom. The molecule has 1 heterocycles. The maximum atomic E-state index is 4.30. The van der Waals surface area contributed by atoms with Gasteiger partial charge in [-0.1, -0.05) is 0 Å². The zero-order valence-corrected chi connectivity index (χ0v) is 19.3. The van der Waals surface area contributed by atoms with Crippen LogP contribution in [0.1, 0.15) is 64.2 Å². The Bertz CT molecular complexity index is 732. The first-order valence-electron chi connectivity index (χ1n) is 11.3. The van der Waals surface area contributed by atoms with E-state index in [-0.39, 0.29) is 0 Å². The fourth-order valence-electron chi connectivity index (χ4n) is 7.37. The molecule has 0 aromatic heterocycles. The van der Waals surface area contributed by atoms with E-state index in [4.69, 9.17) is 0 Å². The van der Waals surface area contributed by atoms with Gasteiger partial charge in [0.25, 0.3) is 0 Å². The van der Waals surface area contributed by atoms with E-state index in [1.54, 1.807) is 11.1 Å². The molecule has 142 valence electrons. The van der Waals surface area contributed by atoms with E-state index < -0.39 is 20.3 Å². The second-order valence-corrected chi connectivity index (χ2v) is 20.4. The number of allylic oxidation sites excluding steroid dienone is 10. The first-order chi connectivity index (χ1) is 13.3. The van der Waals surface area contributed by atoms with Crippen LogP contribution < -0.4 is 0 Å². The van der Waals surface area contributed by atoms with Crippen molar-refractivity contribution in [2.75, 3.05) is 0 Å². The van der Waals surface area contributed by atoms with Crippen LogP contribution in [-0.4, -0.2) is 0 Å². The summed E-state index contributed by atoms with van der Waals surface area (Å²) in [5, 5.41) is 0. The van der Waals surface area contributed by atoms with Crippen molar-refractivity contribution in [3.05, 3.63) is 70.9 Å². The summed E-state index contributed by atoms with van der Waals surface area (Å²) in [4.78, 5) is 0. The van der Waals surface area contributed by atoms with Crippen LogP contribution in [0.3, 0.4) is 0 Å². The summed E-state index contributed by atoms with van der Waals surface area (Å²) >= 11 is -2.70. The van der Waals surface area contributed by atoms with Crippen LogP contribution in [-0.2, 0) is 20.3 Å². The van der Waals surface area contributed by atoms with Crippen molar-refractivity contribution in [1.29, 1.82) is 0 Å². The molecule has 2 atom stereocenters. The van der Waals surface area contributed by atoms with E-state index in [1.807, 2.05) is 22.3 Å². The van der Waals surface area contributed by atoms with Gasteiger partial charge >= 0.3 is 171 Å².